The molecule has 0 saturated heterocycles. The second kappa shape index (κ2) is 8.77. The molecule has 1 fully saturated rings. The fourth-order valence-corrected chi connectivity index (χ4v) is 4.39. The van der Waals surface area contributed by atoms with E-state index in [0.29, 0.717) is 28.8 Å². The second-order valence-electron chi connectivity index (χ2n) is 8.14. The summed E-state index contributed by atoms with van der Waals surface area (Å²) in [5.41, 5.74) is 0.859. The lowest BCUT2D eigenvalue weighted by Crippen LogP contribution is -2.29. The summed E-state index contributed by atoms with van der Waals surface area (Å²) in [4.78, 5) is 26.6. The van der Waals surface area contributed by atoms with E-state index in [2.05, 4.69) is 15.0 Å². The van der Waals surface area contributed by atoms with Crippen LogP contribution in [0.4, 0.5) is 13.2 Å². The molecule has 3 heterocycles. The SMILES string of the molecule is CCCc1cnc2cc(C3CCCCC3)c(=O)n(Cc3ncccc3C(F)(F)F)c2n1. The smallest absolute Gasteiger partial charge is 0.285 e. The maximum atomic E-state index is 13.5. The summed E-state index contributed by atoms with van der Waals surface area (Å²) in [6.45, 7) is 1.71. The van der Waals surface area contributed by atoms with Gasteiger partial charge in [-0.1, -0.05) is 32.6 Å². The van der Waals surface area contributed by atoms with Gasteiger partial charge >= 0.3 is 6.18 Å². The quantitative estimate of drug-likeness (QED) is 0.554. The third-order valence-electron chi connectivity index (χ3n) is 5.93. The van der Waals surface area contributed by atoms with E-state index in [0.717, 1.165) is 44.6 Å². The second-order valence-corrected chi connectivity index (χ2v) is 8.14. The molecule has 1 saturated carbocycles. The predicted molar refractivity (Wildman–Crippen MR) is 112 cm³/mol. The van der Waals surface area contributed by atoms with Crippen LogP contribution in [0.2, 0.25) is 0 Å². The Morgan fingerprint density at radius 1 is 1.16 bits per heavy atom. The molecule has 0 spiro atoms. The van der Waals surface area contributed by atoms with E-state index >= 15 is 0 Å². The average molecular weight is 430 g/mol. The van der Waals surface area contributed by atoms with Crippen molar-refractivity contribution in [2.45, 2.75) is 70.5 Å². The number of fused-ring (bicyclic) bond motifs is 1. The average Bonchev–Trinajstić information content (AvgIpc) is 2.76. The van der Waals surface area contributed by atoms with Crippen molar-refractivity contribution in [2.75, 3.05) is 0 Å². The number of aryl methyl sites for hydroxylation is 1. The van der Waals surface area contributed by atoms with E-state index in [-0.39, 0.29) is 23.7 Å². The maximum Gasteiger partial charge on any atom is 0.418 e. The molecule has 3 aromatic rings. The van der Waals surface area contributed by atoms with Crippen molar-refractivity contribution in [3.05, 3.63) is 63.5 Å². The van der Waals surface area contributed by atoms with Gasteiger partial charge in [0.15, 0.2) is 5.65 Å². The van der Waals surface area contributed by atoms with Gasteiger partial charge in [-0.15, -0.1) is 0 Å². The number of aromatic nitrogens is 4. The molecular weight excluding hydrogens is 405 g/mol. The maximum absolute atomic E-state index is 13.5. The Morgan fingerprint density at radius 3 is 2.65 bits per heavy atom. The highest BCUT2D eigenvalue weighted by Gasteiger charge is 2.34. The first-order valence-corrected chi connectivity index (χ1v) is 10.8. The number of alkyl halides is 3. The van der Waals surface area contributed by atoms with Gasteiger partial charge in [-0.2, -0.15) is 13.2 Å². The molecule has 4 rings (SSSR count). The van der Waals surface area contributed by atoms with E-state index < -0.39 is 11.7 Å². The summed E-state index contributed by atoms with van der Waals surface area (Å²) < 4.78 is 42.0. The van der Waals surface area contributed by atoms with Crippen LogP contribution in [-0.4, -0.2) is 19.5 Å². The van der Waals surface area contributed by atoms with Crippen LogP contribution in [0.15, 0.2) is 35.4 Å². The fraction of sp³-hybridized carbons (Fsp3) is 0.478. The largest absolute Gasteiger partial charge is 0.418 e. The van der Waals surface area contributed by atoms with Crippen LogP contribution >= 0.6 is 0 Å². The number of hydrogen-bond acceptors (Lipinski definition) is 4. The Hall–Kier alpha value is -2.77. The first-order valence-electron chi connectivity index (χ1n) is 10.8. The Kier molecular flexibility index (Phi) is 6.07. The summed E-state index contributed by atoms with van der Waals surface area (Å²) >= 11 is 0. The predicted octanol–water partition coefficient (Wildman–Crippen LogP) is 5.25. The molecule has 0 amide bonds. The molecule has 3 aromatic heterocycles. The fourth-order valence-electron chi connectivity index (χ4n) is 4.39. The zero-order valence-corrected chi connectivity index (χ0v) is 17.5. The summed E-state index contributed by atoms with van der Waals surface area (Å²) in [6, 6.07) is 4.04. The first kappa shape index (κ1) is 21.5. The Morgan fingerprint density at radius 2 is 1.94 bits per heavy atom. The van der Waals surface area contributed by atoms with Crippen LogP contribution < -0.4 is 5.56 Å². The Balaban J connectivity index is 1.90. The van der Waals surface area contributed by atoms with E-state index in [1.54, 1.807) is 12.3 Å². The highest BCUT2D eigenvalue weighted by molar-refractivity contribution is 5.71. The van der Waals surface area contributed by atoms with Gasteiger partial charge in [-0.3, -0.25) is 19.3 Å². The molecule has 164 valence electrons. The van der Waals surface area contributed by atoms with Gasteiger partial charge in [-0.05, 0) is 43.4 Å². The van der Waals surface area contributed by atoms with Crippen LogP contribution in [0, 0.1) is 0 Å². The van der Waals surface area contributed by atoms with Gasteiger partial charge in [-0.25, -0.2) is 4.98 Å². The third kappa shape index (κ3) is 4.48. The van der Waals surface area contributed by atoms with Crippen molar-refractivity contribution in [1.29, 1.82) is 0 Å². The molecule has 31 heavy (non-hydrogen) atoms. The summed E-state index contributed by atoms with van der Waals surface area (Å²) in [7, 11) is 0. The summed E-state index contributed by atoms with van der Waals surface area (Å²) in [5, 5.41) is 0. The number of rotatable bonds is 5. The molecule has 0 atom stereocenters. The molecule has 0 aliphatic heterocycles. The molecule has 5 nitrogen and oxygen atoms in total. The van der Waals surface area contributed by atoms with Gasteiger partial charge in [0.2, 0.25) is 0 Å². The van der Waals surface area contributed by atoms with Gasteiger partial charge in [0, 0.05) is 18.0 Å². The monoisotopic (exact) mass is 430 g/mol. The van der Waals surface area contributed by atoms with Crippen LogP contribution in [0.3, 0.4) is 0 Å². The zero-order chi connectivity index (χ0) is 22.0. The molecule has 1 aliphatic rings. The molecular formula is C23H25F3N4O. The normalized spacial score (nSPS) is 15.5. The molecule has 0 N–H and O–H groups in total. The standard InChI is InChI=1S/C23H25F3N4O/c1-2-7-16-13-28-19-12-17(15-8-4-3-5-9-15)22(31)30(21(19)29-16)14-20-18(23(24,25)26)10-6-11-27-20/h6,10-13,15H,2-5,7-9,14H2,1H3. The Bertz CT molecular complexity index is 1130. The summed E-state index contributed by atoms with van der Waals surface area (Å²) in [6.07, 6.45) is 5.01. The lowest BCUT2D eigenvalue weighted by Gasteiger charge is -2.23. The molecule has 0 radical (unpaired) electrons. The number of pyridine rings is 2. The molecule has 8 heteroatoms. The van der Waals surface area contributed by atoms with Crippen molar-refractivity contribution < 1.29 is 13.2 Å². The van der Waals surface area contributed by atoms with Crippen LogP contribution in [0.1, 0.15) is 73.9 Å². The van der Waals surface area contributed by atoms with Gasteiger partial charge in [0.05, 0.1) is 23.5 Å². The minimum Gasteiger partial charge on any atom is -0.285 e. The van der Waals surface area contributed by atoms with E-state index in [9.17, 15) is 18.0 Å². The lowest BCUT2D eigenvalue weighted by atomic mass is 9.84. The van der Waals surface area contributed by atoms with E-state index in [1.165, 1.54) is 16.8 Å². The van der Waals surface area contributed by atoms with Crippen LogP contribution in [-0.2, 0) is 19.1 Å². The van der Waals surface area contributed by atoms with Crippen LogP contribution in [0.25, 0.3) is 11.2 Å². The van der Waals surface area contributed by atoms with Gasteiger partial charge in [0.1, 0.15) is 5.52 Å². The number of halogens is 3. The lowest BCUT2D eigenvalue weighted by molar-refractivity contribution is -0.138. The third-order valence-corrected chi connectivity index (χ3v) is 5.93. The van der Waals surface area contributed by atoms with Gasteiger partial charge in [0.25, 0.3) is 5.56 Å². The molecule has 0 unspecified atom stereocenters. The topological polar surface area (TPSA) is 60.7 Å². The van der Waals surface area contributed by atoms with Crippen molar-refractivity contribution in [1.82, 2.24) is 19.5 Å². The van der Waals surface area contributed by atoms with Gasteiger partial charge < -0.3 is 0 Å². The minimum absolute atomic E-state index is 0.0971. The minimum atomic E-state index is -4.55. The molecule has 1 aliphatic carbocycles. The molecule has 0 aromatic carbocycles. The highest BCUT2D eigenvalue weighted by Crippen LogP contribution is 2.33. The number of nitrogens with zero attached hydrogens (tertiary/aromatic N) is 4. The number of hydrogen-bond donors (Lipinski definition) is 0. The first-order chi connectivity index (χ1) is 14.9. The van der Waals surface area contributed by atoms with Crippen LogP contribution in [0.5, 0.6) is 0 Å². The molecule has 0 bridgehead atoms. The van der Waals surface area contributed by atoms with E-state index in [1.807, 2.05) is 6.92 Å². The zero-order valence-electron chi connectivity index (χ0n) is 17.5. The van der Waals surface area contributed by atoms with Crippen molar-refractivity contribution in [3.63, 3.8) is 0 Å². The highest BCUT2D eigenvalue weighted by atomic mass is 19.4. The van der Waals surface area contributed by atoms with Crippen molar-refractivity contribution in [2.24, 2.45) is 0 Å². The Labute approximate surface area is 178 Å². The van der Waals surface area contributed by atoms with Crippen molar-refractivity contribution >= 4 is 11.2 Å². The van der Waals surface area contributed by atoms with E-state index in [4.69, 9.17) is 0 Å². The van der Waals surface area contributed by atoms with Crippen molar-refractivity contribution in [3.8, 4) is 0 Å². The summed E-state index contributed by atoms with van der Waals surface area (Å²) in [5.74, 6) is 0.0971.